The van der Waals surface area contributed by atoms with E-state index in [-0.39, 0.29) is 0 Å². The highest BCUT2D eigenvalue weighted by Gasteiger charge is 2.27. The van der Waals surface area contributed by atoms with E-state index in [1.165, 1.54) is 25.7 Å². The van der Waals surface area contributed by atoms with Crippen molar-refractivity contribution >= 4 is 0 Å². The summed E-state index contributed by atoms with van der Waals surface area (Å²) in [7, 11) is 1.77. The Morgan fingerprint density at radius 2 is 2.29 bits per heavy atom. The van der Waals surface area contributed by atoms with E-state index in [0.29, 0.717) is 5.92 Å². The molecular weight excluding hydrogens is 176 g/mol. The Kier molecular flexibility index (Phi) is 3.25. The molecule has 0 spiro atoms. The van der Waals surface area contributed by atoms with E-state index in [1.54, 1.807) is 13.4 Å². The largest absolute Gasteiger partial charge is 0.469 e. The molecule has 0 aromatic carbocycles. The van der Waals surface area contributed by atoms with Crippen molar-refractivity contribution in [2.45, 2.75) is 31.6 Å². The molecule has 1 aliphatic rings. The van der Waals surface area contributed by atoms with E-state index in [0.717, 1.165) is 18.3 Å². The van der Waals surface area contributed by atoms with Crippen LogP contribution in [0, 0.1) is 5.92 Å². The average molecular weight is 194 g/mol. The molecule has 2 heteroatoms. The molecule has 78 valence electrons. The van der Waals surface area contributed by atoms with Crippen LogP contribution in [0.2, 0.25) is 0 Å². The van der Waals surface area contributed by atoms with Crippen LogP contribution in [0.25, 0.3) is 0 Å². The van der Waals surface area contributed by atoms with Gasteiger partial charge in [-0.3, -0.25) is 0 Å². The van der Waals surface area contributed by atoms with Gasteiger partial charge < -0.3 is 9.15 Å². The molecule has 2 nitrogen and oxygen atoms in total. The minimum absolute atomic E-state index is 0.470. The quantitative estimate of drug-likeness (QED) is 0.734. The SMILES string of the molecule is COCC(c1ccco1)C1CCCC1. The maximum absolute atomic E-state index is 5.48. The molecule has 0 aliphatic heterocycles. The van der Waals surface area contributed by atoms with E-state index >= 15 is 0 Å². The van der Waals surface area contributed by atoms with Gasteiger partial charge in [0.2, 0.25) is 0 Å². The minimum Gasteiger partial charge on any atom is -0.469 e. The fraction of sp³-hybridized carbons (Fsp3) is 0.667. The van der Waals surface area contributed by atoms with Crippen LogP contribution < -0.4 is 0 Å². The molecule has 0 amide bonds. The summed E-state index contributed by atoms with van der Waals surface area (Å²) in [6.07, 6.45) is 7.15. The Labute approximate surface area is 85.3 Å². The number of ether oxygens (including phenoxy) is 1. The molecule has 0 N–H and O–H groups in total. The summed E-state index contributed by atoms with van der Waals surface area (Å²) in [4.78, 5) is 0. The maximum Gasteiger partial charge on any atom is 0.109 e. The van der Waals surface area contributed by atoms with Gasteiger partial charge in [0, 0.05) is 13.0 Å². The Morgan fingerprint density at radius 1 is 1.50 bits per heavy atom. The van der Waals surface area contributed by atoms with Crippen molar-refractivity contribution in [3.8, 4) is 0 Å². The Bertz CT molecular complexity index is 247. The first-order valence-corrected chi connectivity index (χ1v) is 5.44. The predicted molar refractivity (Wildman–Crippen MR) is 55.3 cm³/mol. The summed E-state index contributed by atoms with van der Waals surface area (Å²) in [6, 6.07) is 4.04. The van der Waals surface area contributed by atoms with E-state index in [4.69, 9.17) is 9.15 Å². The van der Waals surface area contributed by atoms with Gasteiger partial charge in [0.05, 0.1) is 12.9 Å². The summed E-state index contributed by atoms with van der Waals surface area (Å²) in [5.74, 6) is 2.33. The molecule has 1 aliphatic carbocycles. The van der Waals surface area contributed by atoms with Crippen molar-refractivity contribution in [1.29, 1.82) is 0 Å². The van der Waals surface area contributed by atoms with Gasteiger partial charge in [0.1, 0.15) is 5.76 Å². The van der Waals surface area contributed by atoms with Crippen LogP contribution in [0.3, 0.4) is 0 Å². The first-order valence-electron chi connectivity index (χ1n) is 5.44. The van der Waals surface area contributed by atoms with Crippen LogP contribution in [-0.2, 0) is 4.74 Å². The van der Waals surface area contributed by atoms with Gasteiger partial charge in [-0.2, -0.15) is 0 Å². The third-order valence-electron chi connectivity index (χ3n) is 3.22. The second-order valence-electron chi connectivity index (χ2n) is 4.12. The topological polar surface area (TPSA) is 22.4 Å². The fourth-order valence-corrected chi connectivity index (χ4v) is 2.49. The standard InChI is InChI=1S/C12H18O2/c1-13-9-11(10-5-2-3-6-10)12-7-4-8-14-12/h4,7-8,10-11H,2-3,5-6,9H2,1H3. The lowest BCUT2D eigenvalue weighted by Crippen LogP contribution is -2.14. The van der Waals surface area contributed by atoms with Crippen molar-refractivity contribution in [3.63, 3.8) is 0 Å². The normalized spacial score (nSPS) is 20.1. The first-order chi connectivity index (χ1) is 6.92. The molecule has 1 atom stereocenters. The van der Waals surface area contributed by atoms with E-state index in [2.05, 4.69) is 6.07 Å². The monoisotopic (exact) mass is 194 g/mol. The van der Waals surface area contributed by atoms with Crippen LogP contribution in [0.4, 0.5) is 0 Å². The van der Waals surface area contributed by atoms with Gasteiger partial charge in [-0.05, 0) is 30.9 Å². The number of hydrogen-bond donors (Lipinski definition) is 0. The molecule has 0 bridgehead atoms. The first kappa shape index (κ1) is 9.78. The van der Waals surface area contributed by atoms with Crippen molar-refractivity contribution in [1.82, 2.24) is 0 Å². The van der Waals surface area contributed by atoms with Crippen LogP contribution in [-0.4, -0.2) is 13.7 Å². The van der Waals surface area contributed by atoms with Gasteiger partial charge in [-0.1, -0.05) is 12.8 Å². The van der Waals surface area contributed by atoms with Gasteiger partial charge >= 0.3 is 0 Å². The van der Waals surface area contributed by atoms with E-state index < -0.39 is 0 Å². The number of methoxy groups -OCH3 is 1. The van der Waals surface area contributed by atoms with E-state index in [1.807, 2.05) is 6.07 Å². The zero-order chi connectivity index (χ0) is 9.80. The highest BCUT2D eigenvalue weighted by Crippen LogP contribution is 2.37. The zero-order valence-corrected chi connectivity index (χ0v) is 8.74. The molecule has 1 fully saturated rings. The summed E-state index contributed by atoms with van der Waals surface area (Å²) in [5, 5.41) is 0. The molecule has 1 unspecified atom stereocenters. The summed E-state index contributed by atoms with van der Waals surface area (Å²) in [5.41, 5.74) is 0. The van der Waals surface area contributed by atoms with Crippen LogP contribution in [0.5, 0.6) is 0 Å². The average Bonchev–Trinajstić information content (AvgIpc) is 2.87. The van der Waals surface area contributed by atoms with Crippen molar-refractivity contribution in [2.75, 3.05) is 13.7 Å². The van der Waals surface area contributed by atoms with Gasteiger partial charge in [-0.15, -0.1) is 0 Å². The third kappa shape index (κ3) is 2.01. The smallest absolute Gasteiger partial charge is 0.109 e. The van der Waals surface area contributed by atoms with E-state index in [9.17, 15) is 0 Å². The summed E-state index contributed by atoms with van der Waals surface area (Å²) in [6.45, 7) is 0.790. The molecule has 2 rings (SSSR count). The number of furan rings is 1. The second-order valence-corrected chi connectivity index (χ2v) is 4.12. The van der Waals surface area contributed by atoms with Gasteiger partial charge in [-0.25, -0.2) is 0 Å². The second kappa shape index (κ2) is 4.65. The van der Waals surface area contributed by atoms with Gasteiger partial charge in [0.15, 0.2) is 0 Å². The Balaban J connectivity index is 2.06. The molecule has 1 aromatic rings. The molecule has 1 heterocycles. The molecule has 1 aromatic heterocycles. The van der Waals surface area contributed by atoms with Gasteiger partial charge in [0.25, 0.3) is 0 Å². The molecule has 1 saturated carbocycles. The minimum atomic E-state index is 0.470. The number of rotatable bonds is 4. The lowest BCUT2D eigenvalue weighted by atomic mass is 9.89. The van der Waals surface area contributed by atoms with Crippen molar-refractivity contribution in [3.05, 3.63) is 24.2 Å². The molecular formula is C12H18O2. The van der Waals surface area contributed by atoms with Crippen molar-refractivity contribution in [2.24, 2.45) is 5.92 Å². The highest BCUT2D eigenvalue weighted by atomic mass is 16.5. The van der Waals surface area contributed by atoms with Crippen LogP contribution >= 0.6 is 0 Å². The highest BCUT2D eigenvalue weighted by molar-refractivity contribution is 5.07. The molecule has 0 radical (unpaired) electrons. The predicted octanol–water partition coefficient (Wildman–Crippen LogP) is 3.20. The number of hydrogen-bond acceptors (Lipinski definition) is 2. The van der Waals surface area contributed by atoms with Crippen LogP contribution in [0.1, 0.15) is 37.4 Å². The fourth-order valence-electron chi connectivity index (χ4n) is 2.49. The summed E-state index contributed by atoms with van der Waals surface area (Å²) >= 11 is 0. The van der Waals surface area contributed by atoms with Crippen LogP contribution in [0.15, 0.2) is 22.8 Å². The zero-order valence-electron chi connectivity index (χ0n) is 8.74. The molecule has 14 heavy (non-hydrogen) atoms. The lowest BCUT2D eigenvalue weighted by Gasteiger charge is -2.20. The third-order valence-corrected chi connectivity index (χ3v) is 3.22. The summed E-state index contributed by atoms with van der Waals surface area (Å²) < 4.78 is 10.8. The lowest BCUT2D eigenvalue weighted by molar-refractivity contribution is 0.146. The molecule has 0 saturated heterocycles. The maximum atomic E-state index is 5.48. The Hall–Kier alpha value is -0.760. The van der Waals surface area contributed by atoms with Crippen molar-refractivity contribution < 1.29 is 9.15 Å². The Morgan fingerprint density at radius 3 is 2.86 bits per heavy atom.